The van der Waals surface area contributed by atoms with Crippen LogP contribution in [0.25, 0.3) is 16.9 Å². The van der Waals surface area contributed by atoms with Gasteiger partial charge in [-0.15, -0.1) is 0 Å². The standard InChI is InChI=1S/C12H12ClN5/c1-7-10-11(17(2)16-7)18(12(14)15-10)9-5-3-4-8(13)6-9/h3-6H,1-2H3,(H2,14,15). The molecular formula is C12H12ClN5. The van der Waals surface area contributed by atoms with Gasteiger partial charge >= 0.3 is 0 Å². The summed E-state index contributed by atoms with van der Waals surface area (Å²) in [5.41, 5.74) is 9.41. The van der Waals surface area contributed by atoms with Crippen LogP contribution in [0.4, 0.5) is 5.95 Å². The molecular weight excluding hydrogens is 250 g/mol. The van der Waals surface area contributed by atoms with Crippen molar-refractivity contribution in [1.29, 1.82) is 0 Å². The van der Waals surface area contributed by atoms with Crippen LogP contribution in [0.3, 0.4) is 0 Å². The Morgan fingerprint density at radius 2 is 2.11 bits per heavy atom. The maximum atomic E-state index is 6.01. The van der Waals surface area contributed by atoms with E-state index in [2.05, 4.69) is 10.1 Å². The molecule has 18 heavy (non-hydrogen) atoms. The van der Waals surface area contributed by atoms with Crippen molar-refractivity contribution in [3.63, 3.8) is 0 Å². The molecule has 0 bridgehead atoms. The van der Waals surface area contributed by atoms with E-state index in [-0.39, 0.29) is 0 Å². The number of imidazole rings is 1. The molecule has 3 aromatic rings. The number of nitrogens with two attached hydrogens (primary N) is 1. The maximum Gasteiger partial charge on any atom is 0.207 e. The first kappa shape index (κ1) is 11.1. The van der Waals surface area contributed by atoms with Gasteiger partial charge in [0.2, 0.25) is 5.95 Å². The third-order valence-corrected chi connectivity index (χ3v) is 3.13. The molecule has 0 aliphatic carbocycles. The Hall–Kier alpha value is -2.01. The van der Waals surface area contributed by atoms with E-state index >= 15 is 0 Å². The highest BCUT2D eigenvalue weighted by Gasteiger charge is 2.16. The van der Waals surface area contributed by atoms with Crippen molar-refractivity contribution in [1.82, 2.24) is 19.3 Å². The zero-order chi connectivity index (χ0) is 12.9. The van der Waals surface area contributed by atoms with E-state index in [9.17, 15) is 0 Å². The van der Waals surface area contributed by atoms with Crippen molar-refractivity contribution in [2.45, 2.75) is 6.92 Å². The van der Waals surface area contributed by atoms with Crippen molar-refractivity contribution in [3.05, 3.63) is 35.0 Å². The van der Waals surface area contributed by atoms with Crippen LogP contribution in [-0.2, 0) is 7.05 Å². The molecule has 0 atom stereocenters. The molecule has 0 saturated carbocycles. The first-order valence-electron chi connectivity index (χ1n) is 5.51. The van der Waals surface area contributed by atoms with Crippen molar-refractivity contribution in [3.8, 4) is 5.69 Å². The molecule has 0 aliphatic rings. The zero-order valence-electron chi connectivity index (χ0n) is 10.1. The smallest absolute Gasteiger partial charge is 0.207 e. The van der Waals surface area contributed by atoms with Gasteiger partial charge in [0.25, 0.3) is 0 Å². The molecule has 0 aliphatic heterocycles. The average Bonchev–Trinajstić information content (AvgIpc) is 2.78. The Labute approximate surface area is 109 Å². The number of anilines is 1. The molecule has 0 unspecified atom stereocenters. The fourth-order valence-corrected chi connectivity index (χ4v) is 2.34. The van der Waals surface area contributed by atoms with Gasteiger partial charge in [-0.3, -0.25) is 4.57 Å². The van der Waals surface area contributed by atoms with E-state index in [0.29, 0.717) is 11.0 Å². The zero-order valence-corrected chi connectivity index (χ0v) is 10.8. The predicted octanol–water partition coefficient (Wildman–Crippen LogP) is 2.30. The van der Waals surface area contributed by atoms with Gasteiger partial charge in [0, 0.05) is 12.1 Å². The minimum Gasteiger partial charge on any atom is -0.369 e. The number of hydrogen-bond acceptors (Lipinski definition) is 3. The molecule has 5 nitrogen and oxygen atoms in total. The van der Waals surface area contributed by atoms with E-state index in [0.717, 1.165) is 22.5 Å². The third kappa shape index (κ3) is 1.48. The molecule has 0 saturated heterocycles. The first-order chi connectivity index (χ1) is 8.58. The molecule has 92 valence electrons. The third-order valence-electron chi connectivity index (χ3n) is 2.89. The Morgan fingerprint density at radius 1 is 1.33 bits per heavy atom. The highest BCUT2D eigenvalue weighted by Crippen LogP contribution is 2.25. The lowest BCUT2D eigenvalue weighted by atomic mass is 10.3. The molecule has 0 amide bonds. The molecule has 2 N–H and O–H groups in total. The van der Waals surface area contributed by atoms with Crippen molar-refractivity contribution >= 4 is 28.7 Å². The van der Waals surface area contributed by atoms with E-state index in [1.54, 1.807) is 4.68 Å². The molecule has 2 heterocycles. The van der Waals surface area contributed by atoms with Gasteiger partial charge in [0.1, 0.15) is 5.52 Å². The number of aromatic nitrogens is 4. The first-order valence-corrected chi connectivity index (χ1v) is 5.89. The Bertz CT molecular complexity index is 740. The summed E-state index contributed by atoms with van der Waals surface area (Å²) < 4.78 is 3.62. The number of rotatable bonds is 1. The summed E-state index contributed by atoms with van der Waals surface area (Å²) >= 11 is 6.01. The van der Waals surface area contributed by atoms with Crippen LogP contribution in [0.5, 0.6) is 0 Å². The number of benzene rings is 1. The second kappa shape index (κ2) is 3.74. The van der Waals surface area contributed by atoms with E-state index in [1.807, 2.05) is 42.8 Å². The Kier molecular flexibility index (Phi) is 2.31. The van der Waals surface area contributed by atoms with Gasteiger partial charge in [-0.1, -0.05) is 17.7 Å². The molecule has 0 radical (unpaired) electrons. The summed E-state index contributed by atoms with van der Waals surface area (Å²) in [5, 5.41) is 5.00. The summed E-state index contributed by atoms with van der Waals surface area (Å²) in [5.74, 6) is 0.434. The maximum absolute atomic E-state index is 6.01. The number of hydrogen-bond donors (Lipinski definition) is 1. The fraction of sp³-hybridized carbons (Fsp3) is 0.167. The fourth-order valence-electron chi connectivity index (χ4n) is 2.16. The molecule has 1 aromatic carbocycles. The number of halogens is 1. The number of nitrogen functional groups attached to an aromatic ring is 1. The normalized spacial score (nSPS) is 11.3. The van der Waals surface area contributed by atoms with Crippen molar-refractivity contribution in [2.24, 2.45) is 7.05 Å². The Morgan fingerprint density at radius 3 is 2.83 bits per heavy atom. The lowest BCUT2D eigenvalue weighted by molar-refractivity contribution is 0.762. The van der Waals surface area contributed by atoms with Crippen LogP contribution < -0.4 is 5.73 Å². The van der Waals surface area contributed by atoms with Crippen LogP contribution >= 0.6 is 11.6 Å². The van der Waals surface area contributed by atoms with E-state index in [4.69, 9.17) is 17.3 Å². The topological polar surface area (TPSA) is 61.7 Å². The average molecular weight is 262 g/mol. The number of fused-ring (bicyclic) bond motifs is 1. The number of aryl methyl sites for hydroxylation is 2. The summed E-state index contributed by atoms with van der Waals surface area (Å²) in [6.07, 6.45) is 0. The van der Waals surface area contributed by atoms with E-state index in [1.165, 1.54) is 0 Å². The Balaban J connectivity index is 2.38. The van der Waals surface area contributed by atoms with Crippen LogP contribution in [-0.4, -0.2) is 19.3 Å². The van der Waals surface area contributed by atoms with E-state index < -0.39 is 0 Å². The van der Waals surface area contributed by atoms with Gasteiger partial charge in [-0.25, -0.2) is 9.67 Å². The second-order valence-electron chi connectivity index (χ2n) is 4.17. The highest BCUT2D eigenvalue weighted by molar-refractivity contribution is 6.30. The lowest BCUT2D eigenvalue weighted by Crippen LogP contribution is -2.04. The van der Waals surface area contributed by atoms with Crippen molar-refractivity contribution in [2.75, 3.05) is 5.73 Å². The summed E-state index contributed by atoms with van der Waals surface area (Å²) in [6.45, 7) is 1.91. The van der Waals surface area contributed by atoms with Crippen LogP contribution in [0.1, 0.15) is 5.69 Å². The predicted molar refractivity (Wildman–Crippen MR) is 72.0 cm³/mol. The van der Waals surface area contributed by atoms with Gasteiger partial charge in [0.15, 0.2) is 5.65 Å². The molecule has 2 aromatic heterocycles. The highest BCUT2D eigenvalue weighted by atomic mass is 35.5. The van der Waals surface area contributed by atoms with Gasteiger partial charge in [-0.2, -0.15) is 5.10 Å². The van der Waals surface area contributed by atoms with Gasteiger partial charge in [0.05, 0.1) is 11.4 Å². The summed E-state index contributed by atoms with van der Waals surface area (Å²) in [4.78, 5) is 4.35. The molecule has 6 heteroatoms. The quantitative estimate of drug-likeness (QED) is 0.731. The van der Waals surface area contributed by atoms with Crippen LogP contribution in [0.15, 0.2) is 24.3 Å². The minimum absolute atomic E-state index is 0.434. The van der Waals surface area contributed by atoms with Crippen LogP contribution in [0, 0.1) is 6.92 Å². The van der Waals surface area contributed by atoms with Gasteiger partial charge < -0.3 is 5.73 Å². The monoisotopic (exact) mass is 261 g/mol. The minimum atomic E-state index is 0.434. The largest absolute Gasteiger partial charge is 0.369 e. The van der Waals surface area contributed by atoms with Gasteiger partial charge in [-0.05, 0) is 25.1 Å². The summed E-state index contributed by atoms with van der Waals surface area (Å²) in [6, 6.07) is 7.49. The second-order valence-corrected chi connectivity index (χ2v) is 4.60. The molecule has 0 spiro atoms. The lowest BCUT2D eigenvalue weighted by Gasteiger charge is -2.07. The summed E-state index contributed by atoms with van der Waals surface area (Å²) in [7, 11) is 1.87. The molecule has 0 fully saturated rings. The van der Waals surface area contributed by atoms with Crippen LogP contribution in [0.2, 0.25) is 5.02 Å². The van der Waals surface area contributed by atoms with Crippen molar-refractivity contribution < 1.29 is 0 Å². The number of nitrogens with zero attached hydrogens (tertiary/aromatic N) is 4. The SMILES string of the molecule is Cc1nn(C)c2c1nc(N)n2-c1cccc(Cl)c1. The molecule has 3 rings (SSSR count).